The average Bonchev–Trinajstić information content (AvgIpc) is 2.31. The quantitative estimate of drug-likeness (QED) is 0.168. The second-order valence-corrected chi connectivity index (χ2v) is 9.85. The minimum atomic E-state index is -3.35. The molecular formula is C16H40Ba2O7P2. The van der Waals surface area contributed by atoms with Crippen LogP contribution in [0.5, 0.6) is 0 Å². The van der Waals surface area contributed by atoms with Gasteiger partial charge in [-0.3, -0.25) is 9.13 Å². The molecule has 0 amide bonds. The second kappa shape index (κ2) is 20.0. The summed E-state index contributed by atoms with van der Waals surface area (Å²) in [4.78, 5) is 0. The minimum Gasteiger partial charge on any atom is -1.00 e. The van der Waals surface area contributed by atoms with Gasteiger partial charge in [0.05, 0.1) is 19.3 Å². The van der Waals surface area contributed by atoms with E-state index in [2.05, 4.69) is 13.8 Å². The van der Waals surface area contributed by atoms with Crippen molar-refractivity contribution in [1.29, 1.82) is 0 Å². The van der Waals surface area contributed by atoms with Crippen molar-refractivity contribution in [2.45, 2.75) is 67.0 Å². The third-order valence-corrected chi connectivity index (χ3v) is 4.92. The van der Waals surface area contributed by atoms with Gasteiger partial charge in [-0.25, -0.2) is 0 Å². The number of ether oxygens (including phenoxy) is 1. The van der Waals surface area contributed by atoms with Crippen LogP contribution in [-0.2, 0) is 32.0 Å². The van der Waals surface area contributed by atoms with Gasteiger partial charge in [-0.05, 0) is 39.9 Å². The molecule has 0 aliphatic carbocycles. The Bertz CT molecular complexity index is 447. The van der Waals surface area contributed by atoms with Crippen LogP contribution in [0.3, 0.4) is 0 Å². The molecular weight excluding hydrogens is 641 g/mol. The first-order chi connectivity index (χ1) is 10.3. The van der Waals surface area contributed by atoms with E-state index in [9.17, 15) is 9.13 Å². The van der Waals surface area contributed by atoms with E-state index in [1.807, 2.05) is 13.8 Å². The fourth-order valence-electron chi connectivity index (χ4n) is 1.61. The zero-order chi connectivity index (χ0) is 18.3. The topological polar surface area (TPSA) is 80.3 Å². The van der Waals surface area contributed by atoms with Crippen LogP contribution in [0.25, 0.3) is 0 Å². The first kappa shape index (κ1) is 40.7. The Kier molecular flexibility index (Phi) is 30.2. The van der Waals surface area contributed by atoms with Crippen LogP contribution in [0.1, 0.15) is 45.4 Å². The van der Waals surface area contributed by atoms with Crippen LogP contribution >= 0.6 is 15.2 Å². The van der Waals surface area contributed by atoms with Crippen molar-refractivity contribution >= 4 is 113 Å². The van der Waals surface area contributed by atoms with Crippen LogP contribution in [0, 0.1) is 13.8 Å². The van der Waals surface area contributed by atoms with E-state index in [1.54, 1.807) is 13.8 Å². The Hall–Kier alpha value is 3.40. The molecule has 27 heavy (non-hydrogen) atoms. The van der Waals surface area contributed by atoms with Gasteiger partial charge < -0.3 is 39.5 Å². The summed E-state index contributed by atoms with van der Waals surface area (Å²) in [6.07, 6.45) is -1.51. The maximum absolute atomic E-state index is 12.2. The molecule has 0 saturated heterocycles. The fraction of sp³-hybridized carbons (Fsp3) is 0.875. The zero-order valence-electron chi connectivity index (χ0n) is 18.3. The van der Waals surface area contributed by atoms with Gasteiger partial charge in [0.1, 0.15) is 0 Å². The van der Waals surface area contributed by atoms with Gasteiger partial charge in [0.15, 0.2) is 0 Å². The molecule has 0 N–H and O–H groups in total. The van der Waals surface area contributed by atoms with Crippen molar-refractivity contribution in [3.05, 3.63) is 13.8 Å². The molecule has 4 unspecified atom stereocenters. The number of rotatable bonds is 12. The molecule has 0 fully saturated rings. The maximum Gasteiger partial charge on any atom is 2.00 e. The van der Waals surface area contributed by atoms with Gasteiger partial charge in [0.25, 0.3) is 0 Å². The minimum absolute atomic E-state index is 0. The van der Waals surface area contributed by atoms with Crippen LogP contribution in [0.15, 0.2) is 0 Å². The van der Waals surface area contributed by atoms with Gasteiger partial charge >= 0.3 is 113 Å². The largest absolute Gasteiger partial charge is 2.00 e. The Morgan fingerprint density at radius 1 is 0.778 bits per heavy atom. The average molecular weight is 681 g/mol. The summed E-state index contributed by atoms with van der Waals surface area (Å²) in [5.41, 5.74) is 0. The molecule has 0 spiro atoms. The predicted molar refractivity (Wildman–Crippen MR) is 118 cm³/mol. The summed E-state index contributed by atoms with van der Waals surface area (Å²) in [5.74, 6) is 0. The molecule has 0 aliphatic rings. The molecule has 0 rings (SSSR count). The van der Waals surface area contributed by atoms with Gasteiger partial charge in [-0.2, -0.15) is 0 Å². The number of hydrogen-bond donors (Lipinski definition) is 0. The van der Waals surface area contributed by atoms with E-state index < -0.39 is 27.4 Å². The number of hydrogen-bond acceptors (Lipinski definition) is 7. The Morgan fingerprint density at radius 2 is 1.15 bits per heavy atom. The summed E-state index contributed by atoms with van der Waals surface area (Å²) >= 11 is 0. The summed E-state index contributed by atoms with van der Waals surface area (Å²) in [6, 6.07) is 0. The second-order valence-electron chi connectivity index (χ2n) is 5.82. The summed E-state index contributed by atoms with van der Waals surface area (Å²) in [5, 5.41) is 0. The molecule has 0 saturated carbocycles. The third-order valence-electron chi connectivity index (χ3n) is 2.20. The van der Waals surface area contributed by atoms with E-state index in [-0.39, 0.29) is 141 Å². The molecule has 11 heteroatoms. The molecule has 7 nitrogen and oxygen atoms in total. The standard InChI is InChI=1S/C14H30O7P2.2CH4.2Ba.2H/c1-11(2)19-13(5)9-17-23(8,16)21-14(6)10-18-22(7,15)20-12(3)4;;;;;;/h11-14H,5-6,9-10H2,1-4,7-8H3;2*1H4;;;;/q-2;;;2*+2;2*-1. The van der Waals surface area contributed by atoms with Crippen LogP contribution < -0.4 is 0 Å². The Labute approximate surface area is 251 Å². The molecule has 0 aromatic heterocycles. The van der Waals surface area contributed by atoms with Crippen molar-refractivity contribution in [3.8, 4) is 0 Å². The summed E-state index contributed by atoms with van der Waals surface area (Å²) in [7, 11) is -6.54. The monoisotopic (exact) mass is 682 g/mol. The van der Waals surface area contributed by atoms with Crippen molar-refractivity contribution in [2.24, 2.45) is 0 Å². The van der Waals surface area contributed by atoms with Gasteiger partial charge in [-0.15, -0.1) is 0 Å². The van der Waals surface area contributed by atoms with E-state index >= 15 is 0 Å². The van der Waals surface area contributed by atoms with Crippen molar-refractivity contribution in [2.75, 3.05) is 26.5 Å². The SMILES string of the molecule is C.C.[Ba+2].[Ba+2].[CH2-]C(COP(C)(=O)OC([CH2-])COP(C)(=O)OC(C)C)OC(C)C.[H-].[H-]. The zero-order valence-corrected chi connectivity index (χ0v) is 27.0. The Balaban J connectivity index is -0.000000161. The normalized spacial score (nSPS) is 17.3. The molecule has 0 aliphatic heterocycles. The molecule has 0 aromatic rings. The van der Waals surface area contributed by atoms with E-state index in [1.165, 1.54) is 13.3 Å². The van der Waals surface area contributed by atoms with E-state index in [4.69, 9.17) is 22.8 Å². The van der Waals surface area contributed by atoms with Crippen molar-refractivity contribution in [3.63, 3.8) is 0 Å². The van der Waals surface area contributed by atoms with Gasteiger partial charge in [0.2, 0.25) is 0 Å². The van der Waals surface area contributed by atoms with Crippen LogP contribution in [-0.4, -0.2) is 149 Å². The summed E-state index contributed by atoms with van der Waals surface area (Å²) < 4.78 is 50.3. The molecule has 0 bridgehead atoms. The van der Waals surface area contributed by atoms with Crippen LogP contribution in [0.4, 0.5) is 0 Å². The third kappa shape index (κ3) is 25.5. The van der Waals surface area contributed by atoms with Gasteiger partial charge in [0, 0.05) is 19.4 Å². The first-order valence-electron chi connectivity index (χ1n) is 7.45. The van der Waals surface area contributed by atoms with Gasteiger partial charge in [-0.1, -0.05) is 14.9 Å². The smallest absolute Gasteiger partial charge is 1.00 e. The molecule has 160 valence electrons. The molecule has 0 aromatic carbocycles. The van der Waals surface area contributed by atoms with Crippen LogP contribution in [0.2, 0.25) is 0 Å². The van der Waals surface area contributed by atoms with E-state index in [0.29, 0.717) is 0 Å². The fourth-order valence-corrected chi connectivity index (χ4v) is 3.97. The van der Waals surface area contributed by atoms with Crippen molar-refractivity contribution < 1.29 is 34.8 Å². The van der Waals surface area contributed by atoms with Crippen molar-refractivity contribution in [1.82, 2.24) is 0 Å². The summed E-state index contributed by atoms with van der Waals surface area (Å²) in [6.45, 7) is 17.2. The maximum atomic E-state index is 12.2. The first-order valence-corrected chi connectivity index (χ1v) is 11.4. The predicted octanol–water partition coefficient (Wildman–Crippen LogP) is 4.67. The van der Waals surface area contributed by atoms with E-state index in [0.717, 1.165) is 0 Å². The molecule has 0 radical (unpaired) electrons. The molecule has 4 atom stereocenters. The molecule has 0 heterocycles. The Morgan fingerprint density at radius 3 is 1.52 bits per heavy atom.